The van der Waals surface area contributed by atoms with Gasteiger partial charge in [-0.25, -0.2) is 20.9 Å². The molecule has 392 valence electrons. The molecule has 0 radical (unpaired) electrons. The number of hydrazine groups is 1. The van der Waals surface area contributed by atoms with Gasteiger partial charge in [0.2, 0.25) is 11.8 Å². The number of amides is 12. The number of aromatic nitrogens is 2. The molecular weight excluding hydrogens is 961 g/mol. The van der Waals surface area contributed by atoms with Crippen LogP contribution < -0.4 is 42.9 Å². The molecule has 0 aliphatic carbocycles. The van der Waals surface area contributed by atoms with Crippen LogP contribution in [0.4, 0.5) is 11.6 Å². The Kier molecular flexibility index (Phi) is 26.5. The van der Waals surface area contributed by atoms with Crippen LogP contribution in [0, 0.1) is 0 Å². The van der Waals surface area contributed by atoms with Crippen molar-refractivity contribution in [1.29, 1.82) is 0 Å². The molecular formula is C45H58N14O14. The highest BCUT2D eigenvalue weighted by molar-refractivity contribution is 6.14. The number of nitrogens with one attached hydrogen (secondary N) is 8. The Morgan fingerprint density at radius 1 is 0.479 bits per heavy atom. The van der Waals surface area contributed by atoms with Crippen molar-refractivity contribution in [3.8, 4) is 0 Å². The van der Waals surface area contributed by atoms with Gasteiger partial charge in [-0.15, -0.1) is 0 Å². The zero-order valence-corrected chi connectivity index (χ0v) is 39.6. The maximum absolute atomic E-state index is 11.9. The molecule has 0 saturated carbocycles. The molecule has 8 N–H and O–H groups in total. The summed E-state index contributed by atoms with van der Waals surface area (Å²) in [5.74, 6) is -2.79. The minimum absolute atomic E-state index is 0. The second kappa shape index (κ2) is 32.1. The predicted molar refractivity (Wildman–Crippen MR) is 258 cm³/mol. The number of anilines is 2. The van der Waals surface area contributed by atoms with Crippen LogP contribution in [0.15, 0.2) is 85.3 Å². The van der Waals surface area contributed by atoms with E-state index in [0.717, 1.165) is 19.6 Å². The van der Waals surface area contributed by atoms with Gasteiger partial charge in [-0.2, -0.15) is 0 Å². The van der Waals surface area contributed by atoms with E-state index in [9.17, 15) is 57.5 Å². The number of carbonyl (C=O) groups is 12. The first-order valence-corrected chi connectivity index (χ1v) is 21.6. The van der Waals surface area contributed by atoms with Crippen molar-refractivity contribution in [1.82, 2.24) is 61.7 Å². The van der Waals surface area contributed by atoms with E-state index in [-0.39, 0.29) is 144 Å². The van der Waals surface area contributed by atoms with Gasteiger partial charge in [0.25, 0.3) is 59.1 Å². The lowest BCUT2D eigenvalue weighted by molar-refractivity contribution is -0.138. The molecule has 0 unspecified atom stereocenters. The Morgan fingerprint density at radius 3 is 1.10 bits per heavy atom. The van der Waals surface area contributed by atoms with Gasteiger partial charge in [-0.05, 0) is 24.3 Å². The lowest BCUT2D eigenvalue weighted by atomic mass is 10.2. The molecule has 6 heterocycles. The van der Waals surface area contributed by atoms with Crippen LogP contribution in [0.3, 0.4) is 0 Å². The van der Waals surface area contributed by atoms with Gasteiger partial charge < -0.3 is 36.7 Å². The van der Waals surface area contributed by atoms with Crippen LogP contribution in [0.25, 0.3) is 0 Å². The molecule has 4 aliphatic heterocycles. The van der Waals surface area contributed by atoms with Crippen molar-refractivity contribution in [3.63, 3.8) is 0 Å². The third kappa shape index (κ3) is 20.6. The van der Waals surface area contributed by atoms with E-state index >= 15 is 0 Å². The van der Waals surface area contributed by atoms with Gasteiger partial charge in [-0.1, -0.05) is 7.43 Å². The van der Waals surface area contributed by atoms with Crippen LogP contribution in [0.1, 0.15) is 28.1 Å². The van der Waals surface area contributed by atoms with E-state index in [0.29, 0.717) is 22.8 Å². The largest absolute Gasteiger partial charge is 0.375 e. The van der Waals surface area contributed by atoms with Crippen LogP contribution in [-0.4, -0.2) is 194 Å². The summed E-state index contributed by atoms with van der Waals surface area (Å²) >= 11 is 0. The Morgan fingerprint density at radius 2 is 0.808 bits per heavy atom. The van der Waals surface area contributed by atoms with Gasteiger partial charge >= 0.3 is 0 Å². The quantitative estimate of drug-likeness (QED) is 0.0420. The van der Waals surface area contributed by atoms with E-state index in [1.165, 1.54) is 68.1 Å². The number of rotatable bonds is 22. The second-order valence-electron chi connectivity index (χ2n) is 14.3. The summed E-state index contributed by atoms with van der Waals surface area (Å²) in [5, 5.41) is 13.1. The zero-order valence-electron chi connectivity index (χ0n) is 39.6. The fourth-order valence-electron chi connectivity index (χ4n) is 5.76. The number of carbonyl (C=O) groups excluding carboxylic acids is 12. The van der Waals surface area contributed by atoms with E-state index in [4.69, 9.17) is 0 Å². The summed E-state index contributed by atoms with van der Waals surface area (Å²) in [7, 11) is 6.40. The van der Waals surface area contributed by atoms with Crippen LogP contribution in [0.5, 0.6) is 0 Å². The van der Waals surface area contributed by atoms with Crippen molar-refractivity contribution < 1.29 is 67.1 Å². The Labute approximate surface area is 418 Å². The molecule has 28 nitrogen and oxygen atoms in total. The summed E-state index contributed by atoms with van der Waals surface area (Å²) in [4.78, 5) is 152. The second-order valence-corrected chi connectivity index (χ2v) is 14.3. The third-order valence-corrected chi connectivity index (χ3v) is 9.34. The average Bonchev–Trinajstić information content (AvgIpc) is 4.09. The molecule has 73 heavy (non-hydrogen) atoms. The average molecular weight is 1020 g/mol. The monoisotopic (exact) mass is 1020 g/mol. The fraction of sp³-hybridized carbons (Fsp3) is 0.333. The number of hydrogen-bond donors (Lipinski definition) is 8. The molecule has 0 saturated heterocycles. The van der Waals surface area contributed by atoms with Gasteiger partial charge in [0.15, 0.2) is 0 Å². The van der Waals surface area contributed by atoms with Gasteiger partial charge in [0.1, 0.15) is 24.8 Å². The third-order valence-electron chi connectivity index (χ3n) is 9.34. The van der Waals surface area contributed by atoms with Crippen molar-refractivity contribution in [3.05, 3.63) is 96.4 Å². The smallest absolute Gasteiger partial charge is 0.253 e. The highest BCUT2D eigenvalue weighted by atomic mass is 16.6. The van der Waals surface area contributed by atoms with E-state index < -0.39 is 0 Å². The molecule has 0 atom stereocenters. The standard InChI is InChI=1S/C13H15N5O3.C13H14N4O3.C9H13N3O4.C9H12N2O4.CH4/c1-14-17-10-3-2-9(8-16-10)13(21)15-6-7-18-11(19)4-5-12(18)20;1-14-10-3-2-9(8-16-10)13(20)15-6-7-17-11(18)4-5-12(17)19;1-10-16-6-7(13)11-4-5-12-8(14)2-3-9(12)15;1-15-6-7(12)10-4-5-11-8(13)2-3-9(11)14;/h2-5,8,14H,6-7H2,1H3,(H,15,21)(H,16,17);2-5,8H,6-7H2,1H3,(H,14,16)(H,15,20);2-3,10H,4-6H2,1H3,(H,11,13);2-3H,4-6H2,1H3,(H,10,12);1H4. The number of pyridine rings is 2. The predicted octanol–water partition coefficient (Wildman–Crippen LogP) is -3.45. The highest BCUT2D eigenvalue weighted by Gasteiger charge is 2.25. The molecule has 0 bridgehead atoms. The molecule has 0 aromatic carbocycles. The summed E-state index contributed by atoms with van der Waals surface area (Å²) < 4.78 is 4.60. The first-order valence-electron chi connectivity index (χ1n) is 21.6. The van der Waals surface area contributed by atoms with Crippen molar-refractivity contribution in [2.75, 3.05) is 105 Å². The van der Waals surface area contributed by atoms with Crippen LogP contribution in [-0.2, 0) is 57.5 Å². The number of hydrogen-bond acceptors (Lipinski definition) is 20. The SMILES string of the molecule is C.CNNc1ccc(C(=O)NCCN2C(=O)C=CC2=O)cn1.CNOCC(=O)NCCN1C(=O)C=CC1=O.CNc1ccc(C(=O)NCCN2C(=O)C=CC2=O)cn1.COCC(=O)NCCN1C(=O)C=CC1=O. The highest BCUT2D eigenvalue weighted by Crippen LogP contribution is 2.07. The lowest BCUT2D eigenvalue weighted by Crippen LogP contribution is -2.39. The fourth-order valence-corrected chi connectivity index (χ4v) is 5.76. The molecule has 0 spiro atoms. The number of methoxy groups -OCH3 is 1. The number of hydroxylamine groups is 1. The summed E-state index contributed by atoms with van der Waals surface area (Å²) in [6, 6.07) is 6.60. The van der Waals surface area contributed by atoms with Crippen LogP contribution in [0.2, 0.25) is 0 Å². The molecule has 28 heteroatoms. The van der Waals surface area contributed by atoms with Crippen LogP contribution >= 0.6 is 0 Å². The van der Waals surface area contributed by atoms with Gasteiger partial charge in [-0.3, -0.25) is 82.0 Å². The van der Waals surface area contributed by atoms with Gasteiger partial charge in [0, 0.05) is 142 Å². The van der Waals surface area contributed by atoms with E-state index in [1.807, 2.05) is 0 Å². The van der Waals surface area contributed by atoms with Crippen molar-refractivity contribution in [2.45, 2.75) is 7.43 Å². The summed E-state index contributed by atoms with van der Waals surface area (Å²) in [6.07, 6.45) is 12.6. The molecule has 12 amide bonds. The number of imide groups is 4. The molecule has 2 aromatic heterocycles. The van der Waals surface area contributed by atoms with Crippen molar-refractivity contribution in [2.24, 2.45) is 0 Å². The molecule has 0 fully saturated rings. The molecule has 4 aliphatic rings. The minimum atomic E-state index is -0.363. The lowest BCUT2D eigenvalue weighted by Gasteiger charge is -2.14. The Bertz CT molecular complexity index is 2370. The van der Waals surface area contributed by atoms with Gasteiger partial charge in [0.05, 0.1) is 11.1 Å². The summed E-state index contributed by atoms with van der Waals surface area (Å²) in [6.45, 7) is 1.33. The topological polar surface area (TPSA) is 358 Å². The Hall–Kier alpha value is -8.86. The Balaban J connectivity index is 0.000000335. The molecule has 6 rings (SSSR count). The maximum atomic E-state index is 11.9. The minimum Gasteiger partial charge on any atom is -0.375 e. The van der Waals surface area contributed by atoms with E-state index in [1.54, 1.807) is 45.4 Å². The normalized spacial score (nSPS) is 14.0. The maximum Gasteiger partial charge on any atom is 0.253 e. The first kappa shape index (κ1) is 60.3. The summed E-state index contributed by atoms with van der Waals surface area (Å²) in [5.41, 5.74) is 8.67. The van der Waals surface area contributed by atoms with Crippen molar-refractivity contribution >= 4 is 82.5 Å². The number of ether oxygens (including phenoxy) is 1. The zero-order chi connectivity index (χ0) is 53.0. The first-order chi connectivity index (χ1) is 34.5. The molecule has 2 aromatic rings. The van der Waals surface area contributed by atoms with E-state index in [2.05, 4.69) is 62.5 Å². The number of nitrogens with zero attached hydrogens (tertiary/aromatic N) is 6.